The van der Waals surface area contributed by atoms with E-state index in [1.54, 1.807) is 5.54 Å². The highest BCUT2D eigenvalue weighted by Gasteiger charge is 2.23. The highest BCUT2D eigenvalue weighted by atomic mass is 35.5. The van der Waals surface area contributed by atoms with Crippen LogP contribution in [0.25, 0.3) is 0 Å². The Labute approximate surface area is 121 Å². The third-order valence-corrected chi connectivity index (χ3v) is 4.11. The minimum atomic E-state index is 0.510. The molecule has 0 saturated carbocycles. The molecule has 19 heavy (non-hydrogen) atoms. The van der Waals surface area contributed by atoms with Crippen LogP contribution in [0.4, 0.5) is 5.69 Å². The van der Waals surface area contributed by atoms with Crippen molar-refractivity contribution in [3.63, 3.8) is 0 Å². The van der Waals surface area contributed by atoms with E-state index < -0.39 is 0 Å². The Morgan fingerprint density at radius 1 is 1.47 bits per heavy atom. The van der Waals surface area contributed by atoms with E-state index in [0.717, 1.165) is 19.6 Å². The number of benzene rings is 1. The molecule has 1 heterocycles. The highest BCUT2D eigenvalue weighted by molar-refractivity contribution is 6.25. The first-order chi connectivity index (χ1) is 9.11. The van der Waals surface area contributed by atoms with Gasteiger partial charge in [0.15, 0.2) is 0 Å². The maximum Gasteiger partial charge on any atom is 0.0415 e. The second kappa shape index (κ2) is 6.44. The summed E-state index contributed by atoms with van der Waals surface area (Å²) in [6.07, 6.45) is 0. The molecule has 0 aromatic heterocycles. The van der Waals surface area contributed by atoms with Gasteiger partial charge in [0.2, 0.25) is 0 Å². The zero-order chi connectivity index (χ0) is 13.8. The van der Waals surface area contributed by atoms with Gasteiger partial charge in [0.1, 0.15) is 0 Å². The normalized spacial score (nSPS) is 20.4. The van der Waals surface area contributed by atoms with E-state index in [0.29, 0.717) is 12.0 Å². The van der Waals surface area contributed by atoms with Gasteiger partial charge in [0.05, 0.1) is 0 Å². The SMILES string of the molecule is C/C(=C\Cl)CN1CC(C(C)C)NCc2ccccc21. The summed E-state index contributed by atoms with van der Waals surface area (Å²) in [5.41, 5.74) is 5.58. The summed E-state index contributed by atoms with van der Waals surface area (Å²) < 4.78 is 0. The molecule has 1 unspecified atom stereocenters. The molecule has 3 heteroatoms. The molecule has 0 aliphatic carbocycles. The number of anilines is 1. The number of fused-ring (bicyclic) bond motifs is 1. The Kier molecular flexibility index (Phi) is 4.89. The molecule has 0 bridgehead atoms. The third kappa shape index (κ3) is 3.52. The Bertz CT molecular complexity index is 454. The van der Waals surface area contributed by atoms with Crippen LogP contribution in [0.15, 0.2) is 35.4 Å². The smallest absolute Gasteiger partial charge is 0.0415 e. The van der Waals surface area contributed by atoms with Crippen molar-refractivity contribution in [1.29, 1.82) is 0 Å². The van der Waals surface area contributed by atoms with Crippen molar-refractivity contribution in [3.05, 3.63) is 40.9 Å². The fourth-order valence-corrected chi connectivity index (χ4v) is 2.61. The molecule has 0 radical (unpaired) electrons. The maximum atomic E-state index is 5.83. The molecular formula is C16H23ClN2. The second-order valence-electron chi connectivity index (χ2n) is 5.70. The van der Waals surface area contributed by atoms with Crippen LogP contribution in [-0.4, -0.2) is 19.1 Å². The van der Waals surface area contributed by atoms with Gasteiger partial charge < -0.3 is 10.2 Å². The molecule has 1 aromatic rings. The Hall–Kier alpha value is -0.990. The Morgan fingerprint density at radius 2 is 2.21 bits per heavy atom. The van der Waals surface area contributed by atoms with Crippen LogP contribution in [0.2, 0.25) is 0 Å². The van der Waals surface area contributed by atoms with Gasteiger partial charge in [-0.05, 0) is 30.0 Å². The van der Waals surface area contributed by atoms with E-state index in [1.807, 2.05) is 0 Å². The topological polar surface area (TPSA) is 15.3 Å². The fraction of sp³-hybridized carbons (Fsp3) is 0.500. The average Bonchev–Trinajstić information content (AvgIpc) is 2.59. The van der Waals surface area contributed by atoms with Gasteiger partial charge in [-0.25, -0.2) is 0 Å². The largest absolute Gasteiger partial charge is 0.366 e. The summed E-state index contributed by atoms with van der Waals surface area (Å²) in [6.45, 7) is 9.49. The molecule has 1 N–H and O–H groups in total. The van der Waals surface area contributed by atoms with Gasteiger partial charge in [-0.1, -0.05) is 43.6 Å². The van der Waals surface area contributed by atoms with Gasteiger partial charge >= 0.3 is 0 Å². The number of hydrogen-bond donors (Lipinski definition) is 1. The van der Waals surface area contributed by atoms with Crippen molar-refractivity contribution < 1.29 is 0 Å². The van der Waals surface area contributed by atoms with Crippen molar-refractivity contribution in [2.75, 3.05) is 18.0 Å². The van der Waals surface area contributed by atoms with E-state index in [-0.39, 0.29) is 0 Å². The van der Waals surface area contributed by atoms with Crippen LogP contribution in [0, 0.1) is 5.92 Å². The lowest BCUT2D eigenvalue weighted by Crippen LogP contribution is -2.42. The lowest BCUT2D eigenvalue weighted by molar-refractivity contribution is 0.405. The first-order valence-electron chi connectivity index (χ1n) is 6.94. The van der Waals surface area contributed by atoms with Gasteiger partial charge in [0, 0.05) is 36.9 Å². The molecule has 0 amide bonds. The van der Waals surface area contributed by atoms with Crippen LogP contribution in [-0.2, 0) is 6.54 Å². The molecule has 1 aliphatic rings. The zero-order valence-electron chi connectivity index (χ0n) is 12.0. The number of rotatable bonds is 3. The van der Waals surface area contributed by atoms with Gasteiger partial charge in [-0.2, -0.15) is 0 Å². The summed E-state index contributed by atoms with van der Waals surface area (Å²) in [5, 5.41) is 3.66. The highest BCUT2D eigenvalue weighted by Crippen LogP contribution is 2.25. The van der Waals surface area contributed by atoms with Crippen molar-refractivity contribution in [2.45, 2.75) is 33.4 Å². The maximum absolute atomic E-state index is 5.83. The minimum Gasteiger partial charge on any atom is -0.366 e. The lowest BCUT2D eigenvalue weighted by atomic mass is 10.0. The Morgan fingerprint density at radius 3 is 2.89 bits per heavy atom. The van der Waals surface area contributed by atoms with Crippen molar-refractivity contribution in [3.8, 4) is 0 Å². The molecule has 0 fully saturated rings. The van der Waals surface area contributed by atoms with E-state index in [1.165, 1.54) is 16.8 Å². The third-order valence-electron chi connectivity index (χ3n) is 3.74. The molecule has 2 nitrogen and oxygen atoms in total. The van der Waals surface area contributed by atoms with Crippen LogP contribution in [0.5, 0.6) is 0 Å². The predicted molar refractivity (Wildman–Crippen MR) is 83.7 cm³/mol. The first kappa shape index (κ1) is 14.4. The number of nitrogens with zero attached hydrogens (tertiary/aromatic N) is 1. The van der Waals surface area contributed by atoms with Gasteiger partial charge in [0.25, 0.3) is 0 Å². The molecule has 1 atom stereocenters. The van der Waals surface area contributed by atoms with E-state index in [4.69, 9.17) is 11.6 Å². The molecule has 0 saturated heterocycles. The molecule has 1 aromatic carbocycles. The summed E-state index contributed by atoms with van der Waals surface area (Å²) in [7, 11) is 0. The van der Waals surface area contributed by atoms with Crippen molar-refractivity contribution in [1.82, 2.24) is 5.32 Å². The van der Waals surface area contributed by atoms with Gasteiger partial charge in [-0.15, -0.1) is 0 Å². The quantitative estimate of drug-likeness (QED) is 0.906. The minimum absolute atomic E-state index is 0.510. The second-order valence-corrected chi connectivity index (χ2v) is 5.91. The van der Waals surface area contributed by atoms with Crippen molar-refractivity contribution >= 4 is 17.3 Å². The fourth-order valence-electron chi connectivity index (χ4n) is 2.54. The number of para-hydroxylation sites is 1. The van der Waals surface area contributed by atoms with Gasteiger partial charge in [-0.3, -0.25) is 0 Å². The average molecular weight is 279 g/mol. The summed E-state index contributed by atoms with van der Waals surface area (Å²) >= 11 is 5.83. The van der Waals surface area contributed by atoms with Crippen LogP contribution in [0.3, 0.4) is 0 Å². The predicted octanol–water partition coefficient (Wildman–Crippen LogP) is 3.76. The zero-order valence-corrected chi connectivity index (χ0v) is 12.7. The summed E-state index contributed by atoms with van der Waals surface area (Å²) in [4.78, 5) is 2.44. The number of halogens is 1. The molecule has 1 aliphatic heterocycles. The summed E-state index contributed by atoms with van der Waals surface area (Å²) in [5.74, 6) is 0.622. The van der Waals surface area contributed by atoms with Crippen molar-refractivity contribution in [2.24, 2.45) is 5.92 Å². The monoisotopic (exact) mass is 278 g/mol. The summed E-state index contributed by atoms with van der Waals surface area (Å²) in [6, 6.07) is 9.15. The molecular weight excluding hydrogens is 256 g/mol. The standard InChI is InChI=1S/C16H23ClN2/c1-12(2)15-11-19(10-13(3)8-17)16-7-5-4-6-14(16)9-18-15/h4-8,12,15,18H,9-11H2,1-3H3/b13-8+. The van der Waals surface area contributed by atoms with E-state index in [2.05, 4.69) is 55.3 Å². The molecule has 104 valence electrons. The van der Waals surface area contributed by atoms with Crippen LogP contribution >= 0.6 is 11.6 Å². The van der Waals surface area contributed by atoms with Crippen LogP contribution < -0.4 is 10.2 Å². The molecule has 2 rings (SSSR count). The van der Waals surface area contributed by atoms with E-state index >= 15 is 0 Å². The number of hydrogen-bond acceptors (Lipinski definition) is 2. The lowest BCUT2D eigenvalue weighted by Gasteiger charge is -2.29. The molecule has 0 spiro atoms. The number of nitrogens with one attached hydrogen (secondary N) is 1. The van der Waals surface area contributed by atoms with E-state index in [9.17, 15) is 0 Å². The first-order valence-corrected chi connectivity index (χ1v) is 7.37. The van der Waals surface area contributed by atoms with Crippen LogP contribution in [0.1, 0.15) is 26.3 Å². The Balaban J connectivity index is 2.29.